The highest BCUT2D eigenvalue weighted by Gasteiger charge is 2.60. The van der Waals surface area contributed by atoms with E-state index in [9.17, 15) is 28.0 Å². The lowest BCUT2D eigenvalue weighted by Crippen LogP contribution is -2.41. The summed E-state index contributed by atoms with van der Waals surface area (Å²) in [5.41, 5.74) is 6.52. The molecular weight excluding hydrogens is 543 g/mol. The maximum absolute atomic E-state index is 14.6. The number of rotatable bonds is 11. The molecule has 1 aromatic carbocycles. The average Bonchev–Trinajstić information content (AvgIpc) is 3.10. The van der Waals surface area contributed by atoms with Gasteiger partial charge in [0.05, 0.1) is 0 Å². The molecule has 1 aliphatic heterocycles. The van der Waals surface area contributed by atoms with Crippen molar-refractivity contribution in [2.24, 2.45) is 0 Å². The summed E-state index contributed by atoms with van der Waals surface area (Å²) in [6, 6.07) is 5.49. The summed E-state index contributed by atoms with van der Waals surface area (Å²) in [7, 11) is -2.80. The first-order valence-corrected chi connectivity index (χ1v) is 12.8. The lowest BCUT2D eigenvalue weighted by Gasteiger charge is -2.20. The van der Waals surface area contributed by atoms with Crippen LogP contribution in [-0.4, -0.2) is 57.5 Å². The van der Waals surface area contributed by atoms with Crippen LogP contribution in [0.2, 0.25) is 0 Å². The lowest BCUT2D eigenvalue weighted by molar-refractivity contribution is -0.148. The van der Waals surface area contributed by atoms with Gasteiger partial charge in [-0.25, -0.2) is 9.59 Å². The van der Waals surface area contributed by atoms with Crippen LogP contribution in [0.1, 0.15) is 36.8 Å². The highest BCUT2D eigenvalue weighted by atomic mass is 31.1. The van der Waals surface area contributed by atoms with Crippen molar-refractivity contribution in [1.29, 1.82) is 5.39 Å². The molecule has 2 aromatic rings. The number of aryl methyl sites for hydroxylation is 1. The number of aromatic nitrogens is 2. The van der Waals surface area contributed by atoms with E-state index in [0.717, 1.165) is 23.4 Å². The van der Waals surface area contributed by atoms with E-state index in [1.54, 1.807) is 26.0 Å². The van der Waals surface area contributed by atoms with Crippen molar-refractivity contribution >= 4 is 20.0 Å². The van der Waals surface area contributed by atoms with Crippen molar-refractivity contribution in [3.8, 4) is 0 Å². The molecule has 0 amide bonds. The Bertz CT molecular complexity index is 1320. The summed E-state index contributed by atoms with van der Waals surface area (Å²) in [6.07, 6.45) is -5.35. The zero-order chi connectivity index (χ0) is 28.9. The molecule has 0 bridgehead atoms. The Kier molecular flexibility index (Phi) is 9.76. The summed E-state index contributed by atoms with van der Waals surface area (Å²) in [4.78, 5) is 30.0. The predicted octanol–water partition coefficient (Wildman–Crippen LogP) is 2.63. The van der Waals surface area contributed by atoms with Gasteiger partial charge in [-0.2, -0.15) is 13.8 Å². The monoisotopic (exact) mass is 571 g/mol. The van der Waals surface area contributed by atoms with Crippen molar-refractivity contribution in [2.75, 3.05) is 12.3 Å². The number of hydrogen-bond donors (Lipinski definition) is 2. The van der Waals surface area contributed by atoms with E-state index < -0.39 is 63.0 Å². The Balaban J connectivity index is 1.55. The third kappa shape index (κ3) is 7.37. The molecule has 16 heteroatoms. The van der Waals surface area contributed by atoms with Gasteiger partial charge in [0.25, 0.3) is 0 Å². The normalized spacial score (nSPS) is 22.1. The summed E-state index contributed by atoms with van der Waals surface area (Å²) in [5, 5.41) is 18.7. The van der Waals surface area contributed by atoms with Crippen LogP contribution >= 0.6 is 8.25 Å². The second-order valence-electron chi connectivity index (χ2n) is 8.99. The summed E-state index contributed by atoms with van der Waals surface area (Å²) in [6.45, 7) is 4.00. The first-order valence-electron chi connectivity index (χ1n) is 11.8. The number of carbonyl (C=O) groups is 1. The van der Waals surface area contributed by atoms with E-state index in [4.69, 9.17) is 29.6 Å². The molecule has 1 saturated heterocycles. The topological polar surface area (TPSA) is 180 Å². The highest BCUT2D eigenvalue weighted by molar-refractivity contribution is 7.33. The van der Waals surface area contributed by atoms with Crippen LogP contribution in [0.3, 0.4) is 0 Å². The van der Waals surface area contributed by atoms with Gasteiger partial charge in [-0.15, -0.1) is 9.05 Å². The highest BCUT2D eigenvalue weighted by Crippen LogP contribution is 2.43. The molecule has 3 N–H and O–H groups in total. The fourth-order valence-corrected chi connectivity index (χ4v) is 4.32. The molecule has 6 unspecified atom stereocenters. The lowest BCUT2D eigenvalue weighted by atomic mass is 10.0. The molecule has 0 saturated carbocycles. The number of anilines is 1. The third-order valence-corrected chi connectivity index (χ3v) is 6.62. The van der Waals surface area contributed by atoms with Gasteiger partial charge in [0.1, 0.15) is 36.2 Å². The first-order chi connectivity index (χ1) is 18.3. The van der Waals surface area contributed by atoms with Gasteiger partial charge in [0, 0.05) is 24.1 Å². The van der Waals surface area contributed by atoms with Crippen LogP contribution < -0.4 is 11.4 Å². The van der Waals surface area contributed by atoms with E-state index >= 15 is 0 Å². The summed E-state index contributed by atoms with van der Waals surface area (Å²) in [5.74, 6) is -4.72. The van der Waals surface area contributed by atoms with Crippen LogP contribution in [0.25, 0.3) is 4.98 Å². The smallest absolute Gasteiger partial charge is 0.456 e. The van der Waals surface area contributed by atoms with Crippen LogP contribution in [-0.2, 0) is 40.9 Å². The first kappa shape index (κ1) is 30.1. The fraction of sp³-hybridized carbons (Fsp3) is 0.522. The number of carbonyl (C=O) groups excluding carboxylic acids is 1. The number of esters is 1. The van der Waals surface area contributed by atoms with Crippen LogP contribution in [0.4, 0.5) is 14.6 Å². The second-order valence-corrected chi connectivity index (χ2v) is 9.95. The Morgan fingerprint density at radius 3 is 2.74 bits per heavy atom. The zero-order valence-electron chi connectivity index (χ0n) is 21.3. The standard InChI is InChI=1S/C23H27F2N5O8P/c1-12-4-5-15(8-13(2)37-20(32)14(3)29-27)9-16(12)10-35-39(34)36-11-17-19(31)23(24,25)21(38-17)30-7-6-18(26)28-22(30)33/h4-7,9,13-14,17,19,21,31H,8,10-11H2,1-3H3,(H-,26,28,33)/q+1/p+1. The van der Waals surface area contributed by atoms with Gasteiger partial charge in [-0.05, 0) is 36.6 Å². The Morgan fingerprint density at radius 1 is 1.36 bits per heavy atom. The van der Waals surface area contributed by atoms with E-state index in [2.05, 4.69) is 9.96 Å². The molecule has 0 radical (unpaired) electrons. The molecule has 0 aliphatic carbocycles. The molecule has 13 nitrogen and oxygen atoms in total. The third-order valence-electron chi connectivity index (χ3n) is 5.92. The molecule has 1 fully saturated rings. The Hall–Kier alpha value is -3.41. The number of halogens is 2. The number of nitrogen functional groups attached to an aromatic ring is 1. The van der Waals surface area contributed by atoms with Gasteiger partial charge >= 0.3 is 31.9 Å². The molecule has 1 aliphatic rings. The number of hydrogen-bond acceptors (Lipinski definition) is 11. The zero-order valence-corrected chi connectivity index (χ0v) is 22.2. The van der Waals surface area contributed by atoms with Crippen molar-refractivity contribution in [1.82, 2.24) is 9.55 Å². The SMILES string of the molecule is Cc1ccc(CC(C)OC(=O)C(C)[N+]#N)cc1CO[P+](=O)OCC1OC(n2ccc(N)nc2=O)C(F)(F)C1O. The van der Waals surface area contributed by atoms with Gasteiger partial charge in [-0.3, -0.25) is 4.57 Å². The van der Waals surface area contributed by atoms with E-state index in [-0.39, 0.29) is 12.4 Å². The Morgan fingerprint density at radius 2 is 2.08 bits per heavy atom. The number of benzene rings is 1. The maximum atomic E-state index is 14.6. The van der Waals surface area contributed by atoms with E-state index in [0.29, 0.717) is 16.6 Å². The molecule has 6 atom stereocenters. The average molecular weight is 571 g/mol. The van der Waals surface area contributed by atoms with Gasteiger partial charge in [0.15, 0.2) is 6.10 Å². The second kappa shape index (κ2) is 12.6. The summed E-state index contributed by atoms with van der Waals surface area (Å²) >= 11 is 0. The van der Waals surface area contributed by atoms with Gasteiger partial charge in [-0.1, -0.05) is 18.2 Å². The number of alkyl halides is 2. The molecule has 0 spiro atoms. The molecule has 1 aromatic heterocycles. The van der Waals surface area contributed by atoms with Crippen molar-refractivity contribution < 1.29 is 41.8 Å². The van der Waals surface area contributed by atoms with Crippen molar-refractivity contribution in [2.45, 2.75) is 70.3 Å². The largest absolute Gasteiger partial charge is 0.697 e. The predicted molar refractivity (Wildman–Crippen MR) is 131 cm³/mol. The van der Waals surface area contributed by atoms with Gasteiger partial charge in [0.2, 0.25) is 11.6 Å². The minimum Gasteiger partial charge on any atom is -0.456 e. The van der Waals surface area contributed by atoms with Crippen molar-refractivity contribution in [3.05, 3.63) is 62.6 Å². The molecule has 39 heavy (non-hydrogen) atoms. The van der Waals surface area contributed by atoms with Crippen LogP contribution in [0.5, 0.6) is 0 Å². The molecule has 3 rings (SSSR count). The van der Waals surface area contributed by atoms with Crippen LogP contribution in [0.15, 0.2) is 35.3 Å². The number of aliphatic hydroxyl groups excluding tert-OH is 1. The number of nitrogens with two attached hydrogens (primary N) is 1. The molecule has 210 valence electrons. The molecular formula is C23H28F2N5O8P+2. The number of ether oxygens (including phenoxy) is 2. The Labute approximate surface area is 222 Å². The van der Waals surface area contributed by atoms with Crippen LogP contribution in [0, 0.1) is 12.3 Å². The van der Waals surface area contributed by atoms with Crippen molar-refractivity contribution in [3.63, 3.8) is 0 Å². The quantitative estimate of drug-likeness (QED) is 0.230. The minimum absolute atomic E-state index is 0.150. The fourth-order valence-electron chi connectivity index (χ4n) is 3.73. The number of aliphatic hydroxyl groups is 1. The van der Waals surface area contributed by atoms with E-state index in [1.165, 1.54) is 6.92 Å². The number of nitrogens with zero attached hydrogens (tertiary/aromatic N) is 4. The van der Waals surface area contributed by atoms with Gasteiger partial charge < -0.3 is 20.3 Å². The summed E-state index contributed by atoms with van der Waals surface area (Å²) < 4.78 is 62.6. The minimum atomic E-state index is -3.88. The number of diazo groups is 1. The van der Waals surface area contributed by atoms with E-state index in [1.807, 2.05) is 6.07 Å². The molecule has 2 heterocycles. The maximum Gasteiger partial charge on any atom is 0.697 e.